The molecule has 1 aromatic heterocycles. The van der Waals surface area contributed by atoms with Gasteiger partial charge in [-0.05, 0) is 45.0 Å². The molecule has 0 fully saturated rings. The second-order valence-corrected chi connectivity index (χ2v) is 5.43. The summed E-state index contributed by atoms with van der Waals surface area (Å²) in [4.78, 5) is 4.36. The Morgan fingerprint density at radius 1 is 1.29 bits per heavy atom. The molecule has 114 valence electrons. The largest absolute Gasteiger partial charge is 0.497 e. The van der Waals surface area contributed by atoms with Gasteiger partial charge >= 0.3 is 0 Å². The van der Waals surface area contributed by atoms with Crippen molar-refractivity contribution in [3.63, 3.8) is 0 Å². The molecule has 0 saturated heterocycles. The minimum atomic E-state index is -0.793. The van der Waals surface area contributed by atoms with Crippen molar-refractivity contribution in [1.29, 1.82) is 0 Å². The highest BCUT2D eigenvalue weighted by Gasteiger charge is 2.28. The van der Waals surface area contributed by atoms with Crippen molar-refractivity contribution in [1.82, 2.24) is 10.1 Å². The van der Waals surface area contributed by atoms with E-state index in [1.807, 2.05) is 45.0 Å². The van der Waals surface area contributed by atoms with Gasteiger partial charge in [0, 0.05) is 5.56 Å². The first-order valence-electron chi connectivity index (χ1n) is 6.81. The Morgan fingerprint density at radius 2 is 1.95 bits per heavy atom. The van der Waals surface area contributed by atoms with Gasteiger partial charge in [0.15, 0.2) is 5.82 Å². The van der Waals surface area contributed by atoms with Crippen LogP contribution in [-0.2, 0) is 10.3 Å². The Labute approximate surface area is 124 Å². The zero-order valence-electron chi connectivity index (χ0n) is 12.8. The first-order chi connectivity index (χ1) is 9.92. The number of hydrogen-bond donors (Lipinski definition) is 1. The minimum Gasteiger partial charge on any atom is -0.497 e. The molecule has 1 atom stereocenters. The number of nitrogens with two attached hydrogens (primary N) is 1. The molecule has 0 radical (unpaired) electrons. The lowest BCUT2D eigenvalue weighted by molar-refractivity contribution is 0.0410. The smallest absolute Gasteiger partial charge is 0.257 e. The van der Waals surface area contributed by atoms with Gasteiger partial charge in [0.1, 0.15) is 11.3 Å². The molecule has 2 aromatic rings. The number of benzene rings is 1. The topological polar surface area (TPSA) is 83.4 Å². The van der Waals surface area contributed by atoms with Gasteiger partial charge in [0.25, 0.3) is 5.89 Å². The summed E-state index contributed by atoms with van der Waals surface area (Å²) in [5.41, 5.74) is 6.22. The quantitative estimate of drug-likeness (QED) is 0.879. The van der Waals surface area contributed by atoms with Gasteiger partial charge in [-0.2, -0.15) is 4.98 Å². The standard InChI is InChI=1S/C15H21N3O3/c1-10(2)20-9-15(3,16)14-17-13(21-18-14)11-5-7-12(19-4)8-6-11/h5-8,10H,9,16H2,1-4H3. The van der Waals surface area contributed by atoms with Crippen LogP contribution in [0.25, 0.3) is 11.5 Å². The van der Waals surface area contributed by atoms with Crippen molar-refractivity contribution in [2.24, 2.45) is 5.73 Å². The lowest BCUT2D eigenvalue weighted by Crippen LogP contribution is -2.40. The molecule has 21 heavy (non-hydrogen) atoms. The summed E-state index contributed by atoms with van der Waals surface area (Å²) in [6.07, 6.45) is 0.0980. The van der Waals surface area contributed by atoms with Crippen LogP contribution >= 0.6 is 0 Å². The van der Waals surface area contributed by atoms with E-state index in [-0.39, 0.29) is 6.10 Å². The monoisotopic (exact) mass is 291 g/mol. The van der Waals surface area contributed by atoms with Crippen molar-refractivity contribution in [2.45, 2.75) is 32.4 Å². The highest BCUT2D eigenvalue weighted by Crippen LogP contribution is 2.23. The summed E-state index contributed by atoms with van der Waals surface area (Å²) >= 11 is 0. The van der Waals surface area contributed by atoms with Crippen LogP contribution in [0.3, 0.4) is 0 Å². The number of ether oxygens (including phenoxy) is 2. The Hall–Kier alpha value is -1.92. The number of hydrogen-bond acceptors (Lipinski definition) is 6. The third kappa shape index (κ3) is 3.80. The van der Waals surface area contributed by atoms with Crippen LogP contribution in [0, 0.1) is 0 Å². The minimum absolute atomic E-state index is 0.0980. The fourth-order valence-electron chi connectivity index (χ4n) is 1.71. The van der Waals surface area contributed by atoms with Crippen molar-refractivity contribution in [3.8, 4) is 17.2 Å². The first-order valence-corrected chi connectivity index (χ1v) is 6.81. The molecule has 2 N–H and O–H groups in total. The van der Waals surface area contributed by atoms with E-state index in [1.165, 1.54) is 0 Å². The predicted molar refractivity (Wildman–Crippen MR) is 78.9 cm³/mol. The van der Waals surface area contributed by atoms with Gasteiger partial charge in [-0.3, -0.25) is 0 Å². The molecule has 2 rings (SSSR count). The molecule has 0 spiro atoms. The van der Waals surface area contributed by atoms with E-state index in [2.05, 4.69) is 10.1 Å². The molecule has 1 heterocycles. The summed E-state index contributed by atoms with van der Waals surface area (Å²) in [6, 6.07) is 7.38. The van der Waals surface area contributed by atoms with Crippen LogP contribution in [0.4, 0.5) is 0 Å². The summed E-state index contributed by atoms with van der Waals surface area (Å²) < 4.78 is 15.9. The van der Waals surface area contributed by atoms with Gasteiger partial charge in [0.05, 0.1) is 19.8 Å². The van der Waals surface area contributed by atoms with E-state index in [4.69, 9.17) is 19.7 Å². The average Bonchev–Trinajstić information content (AvgIpc) is 2.96. The summed E-state index contributed by atoms with van der Waals surface area (Å²) in [7, 11) is 1.62. The summed E-state index contributed by atoms with van der Waals surface area (Å²) in [5.74, 6) is 1.62. The van der Waals surface area contributed by atoms with Gasteiger partial charge in [-0.15, -0.1) is 0 Å². The van der Waals surface area contributed by atoms with Crippen LogP contribution in [0.5, 0.6) is 5.75 Å². The van der Waals surface area contributed by atoms with Crippen LogP contribution in [0.2, 0.25) is 0 Å². The van der Waals surface area contributed by atoms with Crippen molar-refractivity contribution >= 4 is 0 Å². The molecule has 1 aromatic carbocycles. The molecule has 0 amide bonds. The molecule has 0 bridgehead atoms. The predicted octanol–water partition coefficient (Wildman–Crippen LogP) is 2.34. The van der Waals surface area contributed by atoms with Crippen LogP contribution in [-0.4, -0.2) is 30.0 Å². The number of aromatic nitrogens is 2. The third-order valence-electron chi connectivity index (χ3n) is 2.99. The van der Waals surface area contributed by atoms with Crippen molar-refractivity contribution < 1.29 is 14.0 Å². The molecular weight excluding hydrogens is 270 g/mol. The van der Waals surface area contributed by atoms with Gasteiger partial charge in [0.2, 0.25) is 0 Å². The summed E-state index contributed by atoms with van der Waals surface area (Å²) in [6.45, 7) is 6.05. The molecule has 6 heteroatoms. The fourth-order valence-corrected chi connectivity index (χ4v) is 1.71. The van der Waals surface area contributed by atoms with Crippen LogP contribution < -0.4 is 10.5 Å². The van der Waals surface area contributed by atoms with E-state index in [0.29, 0.717) is 18.3 Å². The Morgan fingerprint density at radius 3 is 2.52 bits per heavy atom. The van der Waals surface area contributed by atoms with E-state index in [0.717, 1.165) is 11.3 Å². The Kier molecular flexibility index (Phi) is 4.59. The molecule has 0 aliphatic rings. The van der Waals surface area contributed by atoms with Crippen molar-refractivity contribution in [3.05, 3.63) is 30.1 Å². The normalized spacial score (nSPS) is 14.2. The lowest BCUT2D eigenvalue weighted by atomic mass is 10.1. The second kappa shape index (κ2) is 6.24. The molecule has 0 aliphatic carbocycles. The van der Waals surface area contributed by atoms with Crippen LogP contribution in [0.15, 0.2) is 28.8 Å². The van der Waals surface area contributed by atoms with Gasteiger partial charge in [-0.25, -0.2) is 0 Å². The summed E-state index contributed by atoms with van der Waals surface area (Å²) in [5, 5.41) is 3.96. The average molecular weight is 291 g/mol. The van der Waals surface area contributed by atoms with Crippen molar-refractivity contribution in [2.75, 3.05) is 13.7 Å². The first kappa shape index (κ1) is 15.5. The maximum Gasteiger partial charge on any atom is 0.257 e. The zero-order valence-corrected chi connectivity index (χ0v) is 12.8. The lowest BCUT2D eigenvalue weighted by Gasteiger charge is -2.21. The zero-order chi connectivity index (χ0) is 15.5. The SMILES string of the molecule is COc1ccc(-c2nc(C(C)(N)COC(C)C)no2)cc1. The number of nitrogens with zero attached hydrogens (tertiary/aromatic N) is 2. The molecule has 1 unspecified atom stereocenters. The Bertz CT molecular complexity index is 576. The highest BCUT2D eigenvalue weighted by molar-refractivity contribution is 5.54. The maximum absolute atomic E-state index is 6.19. The highest BCUT2D eigenvalue weighted by atomic mass is 16.5. The maximum atomic E-state index is 6.19. The second-order valence-electron chi connectivity index (χ2n) is 5.43. The number of methoxy groups -OCH3 is 1. The van der Waals surface area contributed by atoms with Gasteiger partial charge in [-0.1, -0.05) is 5.16 Å². The van der Waals surface area contributed by atoms with E-state index in [1.54, 1.807) is 7.11 Å². The number of rotatable bonds is 6. The van der Waals surface area contributed by atoms with Gasteiger partial charge < -0.3 is 19.7 Å². The third-order valence-corrected chi connectivity index (χ3v) is 2.99. The molecular formula is C15H21N3O3. The van der Waals surface area contributed by atoms with E-state index < -0.39 is 5.54 Å². The molecule has 0 saturated carbocycles. The fraction of sp³-hybridized carbons (Fsp3) is 0.467. The molecule has 6 nitrogen and oxygen atoms in total. The molecule has 0 aliphatic heterocycles. The van der Waals surface area contributed by atoms with Crippen LogP contribution in [0.1, 0.15) is 26.6 Å². The van der Waals surface area contributed by atoms with E-state index >= 15 is 0 Å². The Balaban J connectivity index is 2.16. The van der Waals surface area contributed by atoms with E-state index in [9.17, 15) is 0 Å².